The summed E-state index contributed by atoms with van der Waals surface area (Å²) in [7, 11) is -3.69. The van der Waals surface area contributed by atoms with Crippen molar-refractivity contribution in [2.24, 2.45) is 0 Å². The van der Waals surface area contributed by atoms with E-state index < -0.39 is 10.0 Å². The molecule has 2 N–H and O–H groups in total. The number of benzene rings is 2. The molecule has 25 heavy (non-hydrogen) atoms. The van der Waals surface area contributed by atoms with Crippen molar-refractivity contribution >= 4 is 31.9 Å². The van der Waals surface area contributed by atoms with Gasteiger partial charge in [-0.25, -0.2) is 17.5 Å². The Morgan fingerprint density at radius 1 is 1.16 bits per heavy atom. The van der Waals surface area contributed by atoms with E-state index in [9.17, 15) is 17.6 Å². The van der Waals surface area contributed by atoms with Crippen LogP contribution in [0.25, 0.3) is 0 Å². The summed E-state index contributed by atoms with van der Waals surface area (Å²) in [5.41, 5.74) is 0.767. The van der Waals surface area contributed by atoms with Crippen LogP contribution in [-0.4, -0.2) is 20.9 Å². The minimum atomic E-state index is -3.69. The van der Waals surface area contributed by atoms with Gasteiger partial charge in [-0.15, -0.1) is 0 Å². The van der Waals surface area contributed by atoms with Gasteiger partial charge in [-0.2, -0.15) is 0 Å². The third kappa shape index (κ3) is 5.62. The third-order valence-corrected chi connectivity index (χ3v) is 5.99. The monoisotopic (exact) mass is 428 g/mol. The molecule has 0 heterocycles. The highest BCUT2D eigenvalue weighted by atomic mass is 79.9. The Morgan fingerprint density at radius 2 is 1.80 bits per heavy atom. The van der Waals surface area contributed by atoms with E-state index in [2.05, 4.69) is 26.0 Å². The van der Waals surface area contributed by atoms with Gasteiger partial charge in [0.15, 0.2) is 0 Å². The maximum Gasteiger partial charge on any atom is 0.241 e. The predicted molar refractivity (Wildman–Crippen MR) is 96.9 cm³/mol. The summed E-state index contributed by atoms with van der Waals surface area (Å²) in [6.07, 6.45) is -0.00474. The largest absolute Gasteiger partial charge is 0.350 e. The van der Waals surface area contributed by atoms with Gasteiger partial charge in [-0.05, 0) is 52.7 Å². The lowest BCUT2D eigenvalue weighted by Gasteiger charge is -2.14. The fourth-order valence-corrected chi connectivity index (χ4v) is 4.22. The van der Waals surface area contributed by atoms with Crippen molar-refractivity contribution in [2.75, 3.05) is 6.54 Å². The van der Waals surface area contributed by atoms with Gasteiger partial charge >= 0.3 is 0 Å². The molecule has 2 aromatic carbocycles. The van der Waals surface area contributed by atoms with Gasteiger partial charge in [0, 0.05) is 17.4 Å². The molecule has 1 amide bonds. The van der Waals surface area contributed by atoms with Crippen molar-refractivity contribution in [2.45, 2.75) is 24.3 Å². The molecule has 2 aromatic rings. The van der Waals surface area contributed by atoms with Crippen LogP contribution in [-0.2, 0) is 14.8 Å². The SMILES string of the molecule is CC(NC(=O)CCNS(=O)(=O)c1ccccc1Br)c1ccc(F)cc1. The Bertz CT molecular complexity index is 841. The van der Waals surface area contributed by atoms with Crippen molar-refractivity contribution < 1.29 is 17.6 Å². The fraction of sp³-hybridized carbons (Fsp3) is 0.235. The molecule has 8 heteroatoms. The van der Waals surface area contributed by atoms with Crippen molar-refractivity contribution in [3.05, 3.63) is 64.4 Å². The number of nitrogens with one attached hydrogen (secondary N) is 2. The van der Waals surface area contributed by atoms with E-state index in [0.29, 0.717) is 4.47 Å². The number of carbonyl (C=O) groups is 1. The van der Waals surface area contributed by atoms with Crippen LogP contribution >= 0.6 is 15.9 Å². The summed E-state index contributed by atoms with van der Waals surface area (Å²) in [5.74, 6) is -0.643. The molecular weight excluding hydrogens is 411 g/mol. The zero-order chi connectivity index (χ0) is 18.4. The Balaban J connectivity index is 1.86. The summed E-state index contributed by atoms with van der Waals surface area (Å²) in [5, 5.41) is 2.75. The number of halogens is 2. The van der Waals surface area contributed by atoms with Crippen LogP contribution in [0.2, 0.25) is 0 Å². The Hall–Kier alpha value is -1.77. The molecule has 0 saturated heterocycles. The van der Waals surface area contributed by atoms with Gasteiger partial charge in [0.25, 0.3) is 0 Å². The minimum absolute atomic E-state index is 0.00474. The highest BCUT2D eigenvalue weighted by Crippen LogP contribution is 2.20. The van der Waals surface area contributed by atoms with E-state index in [0.717, 1.165) is 5.56 Å². The fourth-order valence-electron chi connectivity index (χ4n) is 2.19. The normalized spacial score (nSPS) is 12.6. The van der Waals surface area contributed by atoms with E-state index in [1.807, 2.05) is 0 Å². The van der Waals surface area contributed by atoms with Gasteiger partial charge in [0.05, 0.1) is 10.9 Å². The van der Waals surface area contributed by atoms with E-state index in [1.165, 1.54) is 18.2 Å². The van der Waals surface area contributed by atoms with Crippen LogP contribution < -0.4 is 10.0 Å². The number of amides is 1. The molecule has 1 atom stereocenters. The molecule has 0 saturated carbocycles. The van der Waals surface area contributed by atoms with Crippen LogP contribution in [0.3, 0.4) is 0 Å². The Morgan fingerprint density at radius 3 is 2.44 bits per heavy atom. The van der Waals surface area contributed by atoms with E-state index in [1.54, 1.807) is 37.3 Å². The number of sulfonamides is 1. The van der Waals surface area contributed by atoms with Crippen LogP contribution in [0.15, 0.2) is 57.9 Å². The number of rotatable bonds is 7. The molecule has 134 valence electrons. The van der Waals surface area contributed by atoms with Crippen LogP contribution in [0, 0.1) is 5.82 Å². The average Bonchev–Trinajstić information content (AvgIpc) is 2.55. The van der Waals surface area contributed by atoms with E-state index in [-0.39, 0.29) is 35.6 Å². The van der Waals surface area contributed by atoms with E-state index >= 15 is 0 Å². The highest BCUT2D eigenvalue weighted by molar-refractivity contribution is 9.10. The molecule has 0 aliphatic heterocycles. The molecular formula is C17H18BrFN2O3S. The molecule has 0 bridgehead atoms. The zero-order valence-electron chi connectivity index (χ0n) is 13.5. The molecule has 0 spiro atoms. The quantitative estimate of drug-likeness (QED) is 0.710. The van der Waals surface area contributed by atoms with E-state index in [4.69, 9.17) is 0 Å². The first-order chi connectivity index (χ1) is 11.8. The molecule has 5 nitrogen and oxygen atoms in total. The molecule has 2 rings (SSSR count). The van der Waals surface area contributed by atoms with Crippen molar-refractivity contribution in [1.29, 1.82) is 0 Å². The van der Waals surface area contributed by atoms with Gasteiger partial charge in [0.1, 0.15) is 5.82 Å². The number of hydrogen-bond acceptors (Lipinski definition) is 3. The molecule has 0 aromatic heterocycles. The minimum Gasteiger partial charge on any atom is -0.350 e. The molecule has 0 aliphatic rings. The lowest BCUT2D eigenvalue weighted by molar-refractivity contribution is -0.121. The van der Waals surface area contributed by atoms with Gasteiger partial charge in [0.2, 0.25) is 15.9 Å². The molecule has 0 fully saturated rings. The van der Waals surface area contributed by atoms with Crippen molar-refractivity contribution in [3.8, 4) is 0 Å². The molecule has 0 radical (unpaired) electrons. The lowest BCUT2D eigenvalue weighted by atomic mass is 10.1. The number of carbonyl (C=O) groups excluding carboxylic acids is 1. The second-order valence-electron chi connectivity index (χ2n) is 5.42. The highest BCUT2D eigenvalue weighted by Gasteiger charge is 2.17. The van der Waals surface area contributed by atoms with Gasteiger partial charge in [-0.1, -0.05) is 24.3 Å². The maximum absolute atomic E-state index is 12.9. The summed E-state index contributed by atoms with van der Waals surface area (Å²) < 4.78 is 40.2. The topological polar surface area (TPSA) is 75.3 Å². The van der Waals surface area contributed by atoms with Gasteiger partial charge < -0.3 is 5.32 Å². The summed E-state index contributed by atoms with van der Waals surface area (Å²) in [4.78, 5) is 12.1. The number of hydrogen-bond donors (Lipinski definition) is 2. The Kier molecular flexibility index (Phi) is 6.69. The predicted octanol–water partition coefficient (Wildman–Crippen LogP) is 3.13. The zero-order valence-corrected chi connectivity index (χ0v) is 15.9. The summed E-state index contributed by atoms with van der Waals surface area (Å²) in [6.45, 7) is 1.75. The second kappa shape index (κ2) is 8.55. The first-order valence-corrected chi connectivity index (χ1v) is 9.86. The van der Waals surface area contributed by atoms with Crippen LogP contribution in [0.1, 0.15) is 24.9 Å². The summed E-state index contributed by atoms with van der Waals surface area (Å²) >= 11 is 3.19. The lowest BCUT2D eigenvalue weighted by Crippen LogP contribution is -2.32. The summed E-state index contributed by atoms with van der Waals surface area (Å²) in [6, 6.07) is 12.0. The Labute approximate surface area is 154 Å². The smallest absolute Gasteiger partial charge is 0.241 e. The first kappa shape index (κ1) is 19.6. The first-order valence-electron chi connectivity index (χ1n) is 7.58. The average molecular weight is 429 g/mol. The van der Waals surface area contributed by atoms with Crippen molar-refractivity contribution in [3.63, 3.8) is 0 Å². The molecule has 1 unspecified atom stereocenters. The standard InChI is InChI=1S/C17H18BrFN2O3S/c1-12(13-6-8-14(19)9-7-13)21-17(22)10-11-20-25(23,24)16-5-3-2-4-15(16)18/h2-9,12,20H,10-11H2,1H3,(H,21,22). The van der Waals surface area contributed by atoms with Crippen LogP contribution in [0.5, 0.6) is 0 Å². The molecule has 0 aliphatic carbocycles. The van der Waals surface area contributed by atoms with Gasteiger partial charge in [-0.3, -0.25) is 4.79 Å². The van der Waals surface area contributed by atoms with Crippen molar-refractivity contribution in [1.82, 2.24) is 10.0 Å². The third-order valence-electron chi connectivity index (χ3n) is 3.52. The second-order valence-corrected chi connectivity index (χ2v) is 8.01. The van der Waals surface area contributed by atoms with Crippen LogP contribution in [0.4, 0.5) is 4.39 Å². The maximum atomic E-state index is 12.9.